The molecule has 1 aromatic rings. The van der Waals surface area contributed by atoms with E-state index in [1.54, 1.807) is 11.8 Å². The zero-order chi connectivity index (χ0) is 13.0. The largest absolute Gasteiger partial charge is 0.480 e. The van der Waals surface area contributed by atoms with Gasteiger partial charge in [-0.15, -0.1) is 11.8 Å². The number of carboxylic acid groups (broad SMARTS) is 1. The molecule has 1 amide bonds. The van der Waals surface area contributed by atoms with Gasteiger partial charge in [0.15, 0.2) is 0 Å². The fourth-order valence-electron chi connectivity index (χ4n) is 1.68. The highest BCUT2D eigenvalue weighted by molar-refractivity contribution is 7.99. The summed E-state index contributed by atoms with van der Waals surface area (Å²) in [5, 5.41) is 11.6. The molecule has 0 bridgehead atoms. The molecule has 0 heterocycles. The molecule has 0 atom stereocenters. The summed E-state index contributed by atoms with van der Waals surface area (Å²) in [5.74, 6) is -0.606. The second-order valence-electron chi connectivity index (χ2n) is 4.30. The van der Waals surface area contributed by atoms with Crippen molar-refractivity contribution in [2.45, 2.75) is 17.7 Å². The third kappa shape index (κ3) is 2.85. The summed E-state index contributed by atoms with van der Waals surface area (Å²) >= 11 is 1.64. The van der Waals surface area contributed by atoms with Crippen LogP contribution in [0.5, 0.6) is 0 Å². The molecule has 2 rings (SSSR count). The first kappa shape index (κ1) is 13.0. The van der Waals surface area contributed by atoms with E-state index < -0.39 is 11.4 Å². The topological polar surface area (TPSA) is 66.4 Å². The number of rotatable bonds is 6. The zero-order valence-corrected chi connectivity index (χ0v) is 10.7. The van der Waals surface area contributed by atoms with Crippen molar-refractivity contribution in [2.24, 2.45) is 5.41 Å². The average molecular weight is 265 g/mol. The van der Waals surface area contributed by atoms with Gasteiger partial charge in [-0.1, -0.05) is 18.2 Å². The number of thioether (sulfide) groups is 1. The molecule has 0 aromatic heterocycles. The van der Waals surface area contributed by atoms with E-state index in [2.05, 4.69) is 5.32 Å². The maximum Gasteiger partial charge on any atom is 0.319 e. The maximum absolute atomic E-state index is 11.7. The Kier molecular flexibility index (Phi) is 3.91. The van der Waals surface area contributed by atoms with Crippen molar-refractivity contribution in [2.75, 3.05) is 12.3 Å². The van der Waals surface area contributed by atoms with Crippen LogP contribution in [0.15, 0.2) is 35.2 Å². The summed E-state index contributed by atoms with van der Waals surface area (Å²) in [6.45, 7) is 0.493. The molecule has 1 aliphatic carbocycles. The summed E-state index contributed by atoms with van der Waals surface area (Å²) in [5.41, 5.74) is -1.13. The van der Waals surface area contributed by atoms with Crippen molar-refractivity contribution >= 4 is 23.6 Å². The van der Waals surface area contributed by atoms with Gasteiger partial charge in [-0.25, -0.2) is 0 Å². The van der Waals surface area contributed by atoms with Crippen LogP contribution in [0.2, 0.25) is 0 Å². The van der Waals surface area contributed by atoms with Crippen LogP contribution in [0, 0.1) is 5.41 Å². The average Bonchev–Trinajstić information content (AvgIpc) is 3.17. The number of amides is 1. The number of benzene rings is 1. The fraction of sp³-hybridized carbons (Fsp3) is 0.385. The summed E-state index contributed by atoms with van der Waals surface area (Å²) in [7, 11) is 0. The smallest absolute Gasteiger partial charge is 0.319 e. The number of carboxylic acids is 1. The Bertz CT molecular complexity index is 443. The van der Waals surface area contributed by atoms with E-state index in [1.807, 2.05) is 30.3 Å². The molecule has 1 saturated carbocycles. The first-order valence-electron chi connectivity index (χ1n) is 5.85. The normalized spacial score (nSPS) is 16.0. The van der Waals surface area contributed by atoms with E-state index in [0.717, 1.165) is 10.6 Å². The van der Waals surface area contributed by atoms with Crippen LogP contribution in [0.25, 0.3) is 0 Å². The van der Waals surface area contributed by atoms with Gasteiger partial charge < -0.3 is 10.4 Å². The Hall–Kier alpha value is -1.49. The molecule has 0 radical (unpaired) electrons. The molecule has 0 spiro atoms. The highest BCUT2D eigenvalue weighted by atomic mass is 32.2. The van der Waals surface area contributed by atoms with Crippen LogP contribution < -0.4 is 5.32 Å². The quantitative estimate of drug-likeness (QED) is 0.467. The SMILES string of the molecule is O=C(O)C1(C(=O)NCCSc2ccccc2)CC1. The molecule has 1 aromatic carbocycles. The number of carbonyl (C=O) groups is 2. The Morgan fingerprint density at radius 2 is 1.94 bits per heavy atom. The molecule has 5 heteroatoms. The van der Waals surface area contributed by atoms with Gasteiger partial charge in [-0.2, -0.15) is 0 Å². The Balaban J connectivity index is 1.70. The fourth-order valence-corrected chi connectivity index (χ4v) is 2.47. The van der Waals surface area contributed by atoms with E-state index in [0.29, 0.717) is 19.4 Å². The van der Waals surface area contributed by atoms with Gasteiger partial charge in [-0.3, -0.25) is 9.59 Å². The predicted molar refractivity (Wildman–Crippen MR) is 69.5 cm³/mol. The van der Waals surface area contributed by atoms with Crippen LogP contribution in [0.1, 0.15) is 12.8 Å². The van der Waals surface area contributed by atoms with Crippen molar-refractivity contribution in [1.82, 2.24) is 5.32 Å². The maximum atomic E-state index is 11.7. The van der Waals surface area contributed by atoms with Gasteiger partial charge in [0.25, 0.3) is 0 Å². The minimum Gasteiger partial charge on any atom is -0.480 e. The summed E-state index contributed by atoms with van der Waals surface area (Å²) < 4.78 is 0. The first-order chi connectivity index (χ1) is 8.65. The minimum absolute atomic E-state index is 0.344. The van der Waals surface area contributed by atoms with Gasteiger partial charge in [0.05, 0.1) is 0 Å². The molecule has 1 aliphatic rings. The van der Waals surface area contributed by atoms with E-state index in [4.69, 9.17) is 5.11 Å². The predicted octanol–water partition coefficient (Wildman–Crippen LogP) is 1.76. The van der Waals surface area contributed by atoms with Gasteiger partial charge >= 0.3 is 5.97 Å². The molecule has 96 valence electrons. The van der Waals surface area contributed by atoms with E-state index in [1.165, 1.54) is 0 Å². The van der Waals surface area contributed by atoms with Crippen LogP contribution in [0.3, 0.4) is 0 Å². The highest BCUT2D eigenvalue weighted by Crippen LogP contribution is 2.46. The molecule has 0 saturated heterocycles. The number of aliphatic carboxylic acids is 1. The van der Waals surface area contributed by atoms with Crippen molar-refractivity contribution in [3.05, 3.63) is 30.3 Å². The third-order valence-corrected chi connectivity index (χ3v) is 4.01. The highest BCUT2D eigenvalue weighted by Gasteiger charge is 2.56. The standard InChI is InChI=1S/C13H15NO3S/c15-11(13(6-7-13)12(16)17)14-8-9-18-10-4-2-1-3-5-10/h1-5H,6-9H2,(H,14,15)(H,16,17). The monoisotopic (exact) mass is 265 g/mol. The molecule has 0 aliphatic heterocycles. The van der Waals surface area contributed by atoms with Crippen LogP contribution in [-0.2, 0) is 9.59 Å². The van der Waals surface area contributed by atoms with Gasteiger partial charge in [0, 0.05) is 17.2 Å². The van der Waals surface area contributed by atoms with Crippen LogP contribution >= 0.6 is 11.8 Å². The van der Waals surface area contributed by atoms with Crippen LogP contribution in [0.4, 0.5) is 0 Å². The molecule has 2 N–H and O–H groups in total. The lowest BCUT2D eigenvalue weighted by atomic mass is 10.1. The summed E-state index contributed by atoms with van der Waals surface area (Å²) in [6.07, 6.45) is 0.917. The molecule has 1 fully saturated rings. The summed E-state index contributed by atoms with van der Waals surface area (Å²) in [6, 6.07) is 9.89. The second kappa shape index (κ2) is 5.44. The molecule has 4 nitrogen and oxygen atoms in total. The minimum atomic E-state index is -1.13. The van der Waals surface area contributed by atoms with Gasteiger partial charge in [-0.05, 0) is 25.0 Å². The molecule has 0 unspecified atom stereocenters. The Morgan fingerprint density at radius 3 is 2.50 bits per heavy atom. The first-order valence-corrected chi connectivity index (χ1v) is 6.83. The second-order valence-corrected chi connectivity index (χ2v) is 5.47. The lowest BCUT2D eigenvalue weighted by molar-refractivity contribution is -0.148. The van der Waals surface area contributed by atoms with Crippen molar-refractivity contribution in [3.63, 3.8) is 0 Å². The Labute approximate surface area is 110 Å². The van der Waals surface area contributed by atoms with E-state index in [9.17, 15) is 9.59 Å². The number of carbonyl (C=O) groups excluding carboxylic acids is 1. The van der Waals surface area contributed by atoms with Gasteiger partial charge in [0.1, 0.15) is 5.41 Å². The molecular formula is C13H15NO3S. The van der Waals surface area contributed by atoms with Crippen molar-refractivity contribution in [1.29, 1.82) is 0 Å². The van der Waals surface area contributed by atoms with Crippen molar-refractivity contribution < 1.29 is 14.7 Å². The number of hydrogen-bond acceptors (Lipinski definition) is 3. The van der Waals surface area contributed by atoms with E-state index in [-0.39, 0.29) is 5.91 Å². The molecular weight excluding hydrogens is 250 g/mol. The number of nitrogens with one attached hydrogen (secondary N) is 1. The lowest BCUT2D eigenvalue weighted by Gasteiger charge is -2.10. The summed E-state index contributed by atoms with van der Waals surface area (Å²) in [4.78, 5) is 23.7. The van der Waals surface area contributed by atoms with Crippen LogP contribution in [-0.4, -0.2) is 29.3 Å². The third-order valence-electron chi connectivity index (χ3n) is 2.99. The van der Waals surface area contributed by atoms with Gasteiger partial charge in [0.2, 0.25) is 5.91 Å². The van der Waals surface area contributed by atoms with Crippen molar-refractivity contribution in [3.8, 4) is 0 Å². The number of hydrogen-bond donors (Lipinski definition) is 2. The molecule has 18 heavy (non-hydrogen) atoms. The zero-order valence-electron chi connectivity index (χ0n) is 9.89. The van der Waals surface area contributed by atoms with E-state index >= 15 is 0 Å². The Morgan fingerprint density at radius 1 is 1.28 bits per heavy atom. The lowest BCUT2D eigenvalue weighted by Crippen LogP contribution is -2.38.